The van der Waals surface area contributed by atoms with Crippen molar-refractivity contribution in [3.63, 3.8) is 0 Å². The molecule has 0 radical (unpaired) electrons. The molecule has 1 amide bonds. The third-order valence-electron chi connectivity index (χ3n) is 3.17. The van der Waals surface area contributed by atoms with Crippen molar-refractivity contribution in [1.82, 2.24) is 0 Å². The topological polar surface area (TPSA) is 73.6 Å². The Morgan fingerprint density at radius 2 is 2.37 bits per heavy atom. The van der Waals surface area contributed by atoms with E-state index in [4.69, 9.17) is 15.2 Å². The van der Waals surface area contributed by atoms with E-state index in [1.807, 2.05) is 24.3 Å². The molecule has 0 bridgehead atoms. The van der Waals surface area contributed by atoms with Crippen LogP contribution in [0.4, 0.5) is 5.69 Å². The van der Waals surface area contributed by atoms with Gasteiger partial charge in [-0.05, 0) is 30.5 Å². The van der Waals surface area contributed by atoms with Crippen molar-refractivity contribution in [2.24, 2.45) is 5.73 Å². The highest BCUT2D eigenvalue weighted by Gasteiger charge is 2.29. The Kier molecular flexibility index (Phi) is 4.90. The molecular formula is C14H20N2O3. The summed E-state index contributed by atoms with van der Waals surface area (Å²) in [4.78, 5) is 12.0. The summed E-state index contributed by atoms with van der Waals surface area (Å²) in [7, 11) is 1.64. The number of rotatable bonds is 5. The van der Waals surface area contributed by atoms with Gasteiger partial charge in [0.1, 0.15) is 6.10 Å². The lowest BCUT2D eigenvalue weighted by molar-refractivity contribution is -0.126. The summed E-state index contributed by atoms with van der Waals surface area (Å²) in [6, 6.07) is 7.60. The molecule has 5 nitrogen and oxygen atoms in total. The molecule has 2 atom stereocenters. The average molecular weight is 264 g/mol. The number of hydrogen-bond acceptors (Lipinski definition) is 4. The third-order valence-corrected chi connectivity index (χ3v) is 3.17. The number of nitrogens with one attached hydrogen (secondary N) is 1. The van der Waals surface area contributed by atoms with Gasteiger partial charge in [0, 0.05) is 19.3 Å². The van der Waals surface area contributed by atoms with Gasteiger partial charge in [0.2, 0.25) is 0 Å². The van der Waals surface area contributed by atoms with Crippen LogP contribution in [0.5, 0.6) is 0 Å². The molecule has 2 rings (SSSR count). The van der Waals surface area contributed by atoms with Gasteiger partial charge in [0.15, 0.2) is 0 Å². The fraction of sp³-hybridized carbons (Fsp3) is 0.500. The molecule has 3 N–H and O–H groups in total. The smallest absolute Gasteiger partial charge is 0.253 e. The monoisotopic (exact) mass is 264 g/mol. The maximum atomic E-state index is 12.0. The van der Waals surface area contributed by atoms with Crippen molar-refractivity contribution in [2.45, 2.75) is 31.7 Å². The molecule has 1 aromatic rings. The number of hydrogen-bond donors (Lipinski definition) is 2. The number of methoxy groups -OCH3 is 1. The minimum atomic E-state index is -0.389. The van der Waals surface area contributed by atoms with Crippen LogP contribution in [0.15, 0.2) is 24.3 Å². The minimum Gasteiger partial charge on any atom is -0.380 e. The van der Waals surface area contributed by atoms with Crippen molar-refractivity contribution in [1.29, 1.82) is 0 Å². The van der Waals surface area contributed by atoms with E-state index >= 15 is 0 Å². The molecule has 0 saturated carbocycles. The normalized spacial score (nSPS) is 22.4. The number of carbonyl (C=O) groups excluding carboxylic acids is 1. The predicted molar refractivity (Wildman–Crippen MR) is 72.7 cm³/mol. The molecule has 1 saturated heterocycles. The summed E-state index contributed by atoms with van der Waals surface area (Å²) in [6.07, 6.45) is 1.19. The van der Waals surface area contributed by atoms with Gasteiger partial charge in [-0.25, -0.2) is 0 Å². The summed E-state index contributed by atoms with van der Waals surface area (Å²) in [6.45, 7) is 0.992. The molecule has 0 spiro atoms. The number of anilines is 1. The summed E-state index contributed by atoms with van der Waals surface area (Å²) in [5.41, 5.74) is 7.32. The van der Waals surface area contributed by atoms with Crippen LogP contribution < -0.4 is 11.1 Å². The molecule has 1 aromatic carbocycles. The predicted octanol–water partition coefficient (Wildman–Crippen LogP) is 1.28. The Morgan fingerprint density at radius 1 is 1.53 bits per heavy atom. The Hall–Kier alpha value is -1.43. The molecule has 1 aliphatic rings. The van der Waals surface area contributed by atoms with Gasteiger partial charge >= 0.3 is 0 Å². The lowest BCUT2D eigenvalue weighted by atomic mass is 10.1. The molecule has 5 heteroatoms. The SMILES string of the molecule is COCc1cccc(NC(=O)C2CCC(CN)O2)c1. The van der Waals surface area contributed by atoms with Crippen LogP contribution in [0.3, 0.4) is 0 Å². The highest BCUT2D eigenvalue weighted by Crippen LogP contribution is 2.20. The van der Waals surface area contributed by atoms with Gasteiger partial charge in [-0.1, -0.05) is 12.1 Å². The fourth-order valence-corrected chi connectivity index (χ4v) is 2.20. The van der Waals surface area contributed by atoms with E-state index in [1.54, 1.807) is 7.11 Å². The van der Waals surface area contributed by atoms with Crippen LogP contribution in [-0.4, -0.2) is 31.8 Å². The molecule has 1 aliphatic heterocycles. The lowest BCUT2D eigenvalue weighted by Gasteiger charge is -2.13. The Labute approximate surface area is 113 Å². The average Bonchev–Trinajstić information content (AvgIpc) is 2.88. The maximum absolute atomic E-state index is 12.0. The first kappa shape index (κ1) is 14.0. The summed E-state index contributed by atoms with van der Waals surface area (Å²) in [5.74, 6) is -0.106. The zero-order valence-corrected chi connectivity index (χ0v) is 11.1. The van der Waals surface area contributed by atoms with Crippen LogP contribution in [-0.2, 0) is 20.9 Å². The van der Waals surface area contributed by atoms with Gasteiger partial charge in [0.05, 0.1) is 12.7 Å². The first-order valence-corrected chi connectivity index (χ1v) is 6.47. The van der Waals surface area contributed by atoms with Crippen LogP contribution in [0.25, 0.3) is 0 Å². The van der Waals surface area contributed by atoms with E-state index < -0.39 is 0 Å². The van der Waals surface area contributed by atoms with Gasteiger partial charge < -0.3 is 20.5 Å². The molecular weight excluding hydrogens is 244 g/mol. The number of ether oxygens (including phenoxy) is 2. The molecule has 0 aliphatic carbocycles. The summed E-state index contributed by atoms with van der Waals surface area (Å²) >= 11 is 0. The van der Waals surface area contributed by atoms with Crippen LogP contribution in [0, 0.1) is 0 Å². The number of carbonyl (C=O) groups is 1. The molecule has 2 unspecified atom stereocenters. The Morgan fingerprint density at radius 3 is 3.05 bits per heavy atom. The molecule has 1 heterocycles. The van der Waals surface area contributed by atoms with E-state index in [0.717, 1.165) is 24.1 Å². The van der Waals surface area contributed by atoms with Crippen molar-refractivity contribution in [2.75, 3.05) is 19.0 Å². The van der Waals surface area contributed by atoms with Gasteiger partial charge in [-0.15, -0.1) is 0 Å². The minimum absolute atomic E-state index is 0.00979. The van der Waals surface area contributed by atoms with Crippen molar-refractivity contribution in [3.8, 4) is 0 Å². The standard InChI is InChI=1S/C14H20N2O3/c1-18-9-10-3-2-4-11(7-10)16-14(17)13-6-5-12(8-15)19-13/h2-4,7,12-13H,5-6,8-9,15H2,1H3,(H,16,17). The van der Waals surface area contributed by atoms with E-state index in [9.17, 15) is 4.79 Å². The third kappa shape index (κ3) is 3.76. The largest absolute Gasteiger partial charge is 0.380 e. The van der Waals surface area contributed by atoms with Gasteiger partial charge in [0.25, 0.3) is 5.91 Å². The summed E-state index contributed by atoms with van der Waals surface area (Å²) in [5, 5.41) is 2.87. The highest BCUT2D eigenvalue weighted by molar-refractivity contribution is 5.94. The molecule has 0 aromatic heterocycles. The summed E-state index contributed by atoms with van der Waals surface area (Å²) < 4.78 is 10.6. The van der Waals surface area contributed by atoms with Gasteiger partial charge in [-0.3, -0.25) is 4.79 Å². The van der Waals surface area contributed by atoms with Crippen molar-refractivity contribution >= 4 is 11.6 Å². The number of benzene rings is 1. The van der Waals surface area contributed by atoms with E-state index in [1.165, 1.54) is 0 Å². The number of nitrogens with two attached hydrogens (primary N) is 1. The fourth-order valence-electron chi connectivity index (χ4n) is 2.20. The zero-order valence-electron chi connectivity index (χ0n) is 11.1. The highest BCUT2D eigenvalue weighted by atomic mass is 16.5. The first-order valence-electron chi connectivity index (χ1n) is 6.47. The number of amides is 1. The van der Waals surface area contributed by atoms with Crippen LogP contribution >= 0.6 is 0 Å². The first-order chi connectivity index (χ1) is 9.22. The molecule has 104 valence electrons. The Bertz CT molecular complexity index is 436. The maximum Gasteiger partial charge on any atom is 0.253 e. The second-order valence-electron chi connectivity index (χ2n) is 4.68. The van der Waals surface area contributed by atoms with E-state index in [0.29, 0.717) is 13.2 Å². The molecule has 1 fully saturated rings. The molecule has 19 heavy (non-hydrogen) atoms. The second kappa shape index (κ2) is 6.65. The Balaban J connectivity index is 1.93. The lowest BCUT2D eigenvalue weighted by Crippen LogP contribution is -2.29. The van der Waals surface area contributed by atoms with Crippen molar-refractivity contribution in [3.05, 3.63) is 29.8 Å². The quantitative estimate of drug-likeness (QED) is 0.840. The van der Waals surface area contributed by atoms with Gasteiger partial charge in [-0.2, -0.15) is 0 Å². The second-order valence-corrected chi connectivity index (χ2v) is 4.68. The zero-order chi connectivity index (χ0) is 13.7. The van der Waals surface area contributed by atoms with E-state index in [2.05, 4.69) is 5.32 Å². The van der Waals surface area contributed by atoms with Crippen LogP contribution in [0.1, 0.15) is 18.4 Å². The van der Waals surface area contributed by atoms with E-state index in [-0.39, 0.29) is 18.1 Å². The van der Waals surface area contributed by atoms with Crippen molar-refractivity contribution < 1.29 is 14.3 Å². The van der Waals surface area contributed by atoms with Crippen LogP contribution in [0.2, 0.25) is 0 Å².